The zero-order chi connectivity index (χ0) is 18.0. The Morgan fingerprint density at radius 2 is 1.84 bits per heavy atom. The Morgan fingerprint density at radius 1 is 1.20 bits per heavy atom. The topological polar surface area (TPSA) is 48.5 Å². The Kier molecular flexibility index (Phi) is 5.34. The number of benzene rings is 1. The lowest BCUT2D eigenvalue weighted by molar-refractivity contribution is -0.120. The molecule has 3 rings (SSSR count). The maximum atomic E-state index is 13.0. The van der Waals surface area contributed by atoms with Crippen molar-refractivity contribution in [3.63, 3.8) is 0 Å². The molecule has 25 heavy (non-hydrogen) atoms. The standard InChI is InChI=1S/C18H23FN4OS/c1-12-14(3)25-18(20-12)21-17(24)13(2)22-8-10-23(11-9-22)16-6-4-15(19)5-7-16/h4-7,13H,8-11H2,1-3H3,(H,20,21,24)/t13-/m0/s1. The van der Waals surface area contributed by atoms with Gasteiger partial charge in [-0.25, -0.2) is 9.37 Å². The van der Waals surface area contributed by atoms with Crippen LogP contribution in [0, 0.1) is 19.7 Å². The summed E-state index contributed by atoms with van der Waals surface area (Å²) in [4.78, 5) is 22.4. The van der Waals surface area contributed by atoms with Crippen LogP contribution in [0.3, 0.4) is 0 Å². The van der Waals surface area contributed by atoms with Gasteiger partial charge in [-0.05, 0) is 45.0 Å². The van der Waals surface area contributed by atoms with Crippen LogP contribution in [0.5, 0.6) is 0 Å². The summed E-state index contributed by atoms with van der Waals surface area (Å²) in [5.74, 6) is -0.246. The molecule has 1 N–H and O–H groups in total. The second-order valence-electron chi connectivity index (χ2n) is 6.33. The van der Waals surface area contributed by atoms with Crippen LogP contribution in [-0.2, 0) is 4.79 Å². The van der Waals surface area contributed by atoms with Crippen LogP contribution in [0.4, 0.5) is 15.2 Å². The van der Waals surface area contributed by atoms with E-state index in [-0.39, 0.29) is 17.8 Å². The number of hydrogen-bond donors (Lipinski definition) is 1. The summed E-state index contributed by atoms with van der Waals surface area (Å²) in [6, 6.07) is 6.36. The second-order valence-corrected chi connectivity index (χ2v) is 7.53. The molecule has 2 aromatic rings. The van der Waals surface area contributed by atoms with E-state index < -0.39 is 0 Å². The van der Waals surface area contributed by atoms with Crippen molar-refractivity contribution in [1.82, 2.24) is 9.88 Å². The van der Waals surface area contributed by atoms with Gasteiger partial charge in [0.2, 0.25) is 5.91 Å². The highest BCUT2D eigenvalue weighted by molar-refractivity contribution is 7.15. The van der Waals surface area contributed by atoms with Gasteiger partial charge in [-0.15, -0.1) is 11.3 Å². The molecule has 1 atom stereocenters. The highest BCUT2D eigenvalue weighted by Crippen LogP contribution is 2.22. The number of piperazine rings is 1. The van der Waals surface area contributed by atoms with Crippen molar-refractivity contribution in [2.24, 2.45) is 0 Å². The van der Waals surface area contributed by atoms with E-state index in [1.165, 1.54) is 23.5 Å². The largest absolute Gasteiger partial charge is 0.369 e. The number of hydrogen-bond acceptors (Lipinski definition) is 5. The summed E-state index contributed by atoms with van der Waals surface area (Å²) in [6.45, 7) is 9.10. The third-order valence-corrected chi connectivity index (χ3v) is 5.68. The Bertz CT molecular complexity index is 719. The number of rotatable bonds is 4. The lowest BCUT2D eigenvalue weighted by Gasteiger charge is -2.38. The van der Waals surface area contributed by atoms with E-state index in [1.54, 1.807) is 12.1 Å². The van der Waals surface area contributed by atoms with E-state index in [0.717, 1.165) is 42.4 Å². The van der Waals surface area contributed by atoms with E-state index in [9.17, 15) is 9.18 Å². The van der Waals surface area contributed by atoms with Gasteiger partial charge in [-0.3, -0.25) is 9.69 Å². The van der Waals surface area contributed by atoms with Gasteiger partial charge in [0.15, 0.2) is 5.13 Å². The number of amides is 1. The number of nitrogens with zero attached hydrogens (tertiary/aromatic N) is 3. The molecule has 1 saturated heterocycles. The van der Waals surface area contributed by atoms with Crippen LogP contribution < -0.4 is 10.2 Å². The summed E-state index contributed by atoms with van der Waals surface area (Å²) in [5.41, 5.74) is 1.98. The molecule has 0 unspecified atom stereocenters. The molecule has 1 amide bonds. The number of aryl methyl sites for hydroxylation is 2. The Labute approximate surface area is 151 Å². The van der Waals surface area contributed by atoms with Crippen LogP contribution in [0.15, 0.2) is 24.3 Å². The van der Waals surface area contributed by atoms with Gasteiger partial charge < -0.3 is 10.2 Å². The SMILES string of the molecule is Cc1nc(NC(=O)[C@H](C)N2CCN(c3ccc(F)cc3)CC2)sc1C. The van der Waals surface area contributed by atoms with Crippen LogP contribution in [0.25, 0.3) is 0 Å². The van der Waals surface area contributed by atoms with E-state index in [0.29, 0.717) is 5.13 Å². The van der Waals surface area contributed by atoms with Gasteiger partial charge in [0.1, 0.15) is 5.82 Å². The van der Waals surface area contributed by atoms with E-state index in [2.05, 4.69) is 20.1 Å². The maximum Gasteiger partial charge on any atom is 0.243 e. The van der Waals surface area contributed by atoms with Crippen LogP contribution in [0.2, 0.25) is 0 Å². The van der Waals surface area contributed by atoms with Gasteiger partial charge in [-0.1, -0.05) is 0 Å². The molecule has 5 nitrogen and oxygen atoms in total. The quantitative estimate of drug-likeness (QED) is 0.908. The third-order valence-electron chi connectivity index (χ3n) is 4.69. The first-order valence-electron chi connectivity index (χ1n) is 8.43. The second kappa shape index (κ2) is 7.49. The zero-order valence-electron chi connectivity index (χ0n) is 14.8. The number of thiazole rings is 1. The van der Waals surface area contributed by atoms with Gasteiger partial charge >= 0.3 is 0 Å². The zero-order valence-corrected chi connectivity index (χ0v) is 15.6. The number of carbonyl (C=O) groups excluding carboxylic acids is 1. The Morgan fingerprint density at radius 3 is 2.40 bits per heavy atom. The molecule has 0 radical (unpaired) electrons. The van der Waals surface area contributed by atoms with E-state index >= 15 is 0 Å². The predicted molar refractivity (Wildman–Crippen MR) is 99.9 cm³/mol. The molecule has 2 heterocycles. The molecule has 1 aliphatic heterocycles. The van der Waals surface area contributed by atoms with E-state index in [1.807, 2.05) is 20.8 Å². The molecule has 0 saturated carbocycles. The van der Waals surface area contributed by atoms with Crippen molar-refractivity contribution >= 4 is 28.1 Å². The third kappa shape index (κ3) is 4.16. The summed E-state index contributed by atoms with van der Waals surface area (Å²) in [6.07, 6.45) is 0. The van der Waals surface area contributed by atoms with Crippen molar-refractivity contribution in [2.45, 2.75) is 26.8 Å². The molecule has 0 aliphatic carbocycles. The summed E-state index contributed by atoms with van der Waals surface area (Å²) < 4.78 is 13.0. The van der Waals surface area contributed by atoms with Crippen molar-refractivity contribution in [3.8, 4) is 0 Å². The fraction of sp³-hybridized carbons (Fsp3) is 0.444. The highest BCUT2D eigenvalue weighted by atomic mass is 32.1. The van der Waals surface area contributed by atoms with Crippen molar-refractivity contribution in [2.75, 3.05) is 36.4 Å². The molecule has 134 valence electrons. The fourth-order valence-corrected chi connectivity index (χ4v) is 3.74. The summed E-state index contributed by atoms with van der Waals surface area (Å²) in [7, 11) is 0. The molecular formula is C18H23FN4OS. The van der Waals surface area contributed by atoms with Crippen molar-refractivity contribution < 1.29 is 9.18 Å². The van der Waals surface area contributed by atoms with Gasteiger partial charge in [0, 0.05) is 36.7 Å². The normalized spacial score (nSPS) is 16.7. The van der Waals surface area contributed by atoms with Crippen LogP contribution in [0.1, 0.15) is 17.5 Å². The number of carbonyl (C=O) groups is 1. The number of aromatic nitrogens is 1. The minimum Gasteiger partial charge on any atom is -0.369 e. The summed E-state index contributed by atoms with van der Waals surface area (Å²) >= 11 is 1.51. The minimum absolute atomic E-state index is 0.0241. The predicted octanol–water partition coefficient (Wildman–Crippen LogP) is 3.05. The molecule has 1 fully saturated rings. The van der Waals surface area contributed by atoms with Gasteiger partial charge in [0.25, 0.3) is 0 Å². The van der Waals surface area contributed by atoms with E-state index in [4.69, 9.17) is 0 Å². The number of nitrogens with one attached hydrogen (secondary N) is 1. The molecular weight excluding hydrogens is 339 g/mol. The average Bonchev–Trinajstić information content (AvgIpc) is 2.92. The van der Waals surface area contributed by atoms with Gasteiger partial charge in [0.05, 0.1) is 11.7 Å². The molecule has 0 spiro atoms. The van der Waals surface area contributed by atoms with Crippen molar-refractivity contribution in [1.29, 1.82) is 0 Å². The lowest BCUT2D eigenvalue weighted by Crippen LogP contribution is -2.52. The van der Waals surface area contributed by atoms with Crippen LogP contribution >= 0.6 is 11.3 Å². The lowest BCUT2D eigenvalue weighted by atomic mass is 10.2. The number of anilines is 2. The fourth-order valence-electron chi connectivity index (χ4n) is 2.92. The first-order chi connectivity index (χ1) is 11.9. The first-order valence-corrected chi connectivity index (χ1v) is 9.25. The first kappa shape index (κ1) is 17.8. The highest BCUT2D eigenvalue weighted by Gasteiger charge is 2.26. The molecule has 1 aromatic heterocycles. The maximum absolute atomic E-state index is 13.0. The molecule has 0 bridgehead atoms. The monoisotopic (exact) mass is 362 g/mol. The molecule has 1 aliphatic rings. The molecule has 1 aromatic carbocycles. The molecule has 7 heteroatoms. The smallest absolute Gasteiger partial charge is 0.243 e. The van der Waals surface area contributed by atoms with Crippen LogP contribution in [-0.4, -0.2) is 48.0 Å². The number of halogens is 1. The minimum atomic E-state index is -0.222. The van der Waals surface area contributed by atoms with Gasteiger partial charge in [-0.2, -0.15) is 0 Å². The van der Waals surface area contributed by atoms with Crippen molar-refractivity contribution in [3.05, 3.63) is 40.7 Å². The average molecular weight is 362 g/mol. The Balaban J connectivity index is 1.54. The Hall–Kier alpha value is -1.99. The summed E-state index contributed by atoms with van der Waals surface area (Å²) in [5, 5.41) is 3.59.